The number of rotatable bonds is 1. The predicted octanol–water partition coefficient (Wildman–Crippen LogP) is 4.34. The molecule has 1 aromatic rings. The van der Waals surface area contributed by atoms with Crippen molar-refractivity contribution >= 4 is 57.7 Å². The molecule has 3 atom stereocenters. The first-order valence-corrected chi connectivity index (χ1v) is 8.90. The van der Waals surface area contributed by atoms with E-state index in [1.54, 1.807) is 0 Å². The van der Waals surface area contributed by atoms with Crippen LogP contribution >= 0.6 is 57.7 Å². The number of hydrogen-bond donors (Lipinski definition) is 0. The van der Waals surface area contributed by atoms with Crippen LogP contribution in [0.15, 0.2) is 0 Å². The Morgan fingerprint density at radius 2 is 2.00 bits per heavy atom. The second-order valence-corrected chi connectivity index (χ2v) is 8.57. The standard InChI is InChI=1S/C11H14ClIN2S2/c1-5-9(13)10(12)15-11(14-5)8-4-16-6(2)7(3)17-8/h6-8H,4H2,1-3H3. The van der Waals surface area contributed by atoms with Gasteiger partial charge in [-0.3, -0.25) is 0 Å². The van der Waals surface area contributed by atoms with Gasteiger partial charge in [-0.15, -0.1) is 11.8 Å². The van der Waals surface area contributed by atoms with Crippen molar-refractivity contribution in [3.8, 4) is 0 Å². The summed E-state index contributed by atoms with van der Waals surface area (Å²) in [6.45, 7) is 6.55. The van der Waals surface area contributed by atoms with Crippen molar-refractivity contribution in [2.75, 3.05) is 5.75 Å². The second-order valence-electron chi connectivity index (χ2n) is 4.14. The fourth-order valence-corrected chi connectivity index (χ4v) is 4.92. The van der Waals surface area contributed by atoms with Crippen LogP contribution in [0, 0.1) is 10.5 Å². The average molecular weight is 401 g/mol. The molecule has 1 aliphatic heterocycles. The summed E-state index contributed by atoms with van der Waals surface area (Å²) in [5.74, 6) is 1.97. The van der Waals surface area contributed by atoms with E-state index < -0.39 is 0 Å². The maximum atomic E-state index is 6.13. The molecule has 2 heterocycles. The van der Waals surface area contributed by atoms with E-state index >= 15 is 0 Å². The summed E-state index contributed by atoms with van der Waals surface area (Å²) in [7, 11) is 0. The second kappa shape index (κ2) is 5.84. The Morgan fingerprint density at radius 1 is 1.29 bits per heavy atom. The van der Waals surface area contributed by atoms with E-state index in [0.717, 1.165) is 20.8 Å². The normalized spacial score (nSPS) is 29.4. The summed E-state index contributed by atoms with van der Waals surface area (Å²) in [6, 6.07) is 0. The van der Waals surface area contributed by atoms with Crippen LogP contribution in [0.3, 0.4) is 0 Å². The van der Waals surface area contributed by atoms with Gasteiger partial charge in [0, 0.05) is 16.3 Å². The zero-order valence-electron chi connectivity index (χ0n) is 9.91. The minimum Gasteiger partial charge on any atom is -0.236 e. The molecule has 0 spiro atoms. The third-order valence-electron chi connectivity index (χ3n) is 2.83. The molecule has 2 nitrogen and oxygen atoms in total. The average Bonchev–Trinajstić information content (AvgIpc) is 2.29. The van der Waals surface area contributed by atoms with E-state index in [4.69, 9.17) is 11.6 Å². The molecule has 3 unspecified atom stereocenters. The highest BCUT2D eigenvalue weighted by atomic mass is 127. The van der Waals surface area contributed by atoms with Crippen molar-refractivity contribution in [2.45, 2.75) is 36.5 Å². The Hall–Kier alpha value is 0.800. The van der Waals surface area contributed by atoms with Crippen molar-refractivity contribution in [3.63, 3.8) is 0 Å². The largest absolute Gasteiger partial charge is 0.236 e. The van der Waals surface area contributed by atoms with E-state index in [9.17, 15) is 0 Å². The van der Waals surface area contributed by atoms with Crippen LogP contribution in [0.5, 0.6) is 0 Å². The van der Waals surface area contributed by atoms with Crippen molar-refractivity contribution in [1.29, 1.82) is 0 Å². The zero-order chi connectivity index (χ0) is 12.6. The van der Waals surface area contributed by atoms with Gasteiger partial charge in [0.15, 0.2) is 0 Å². The van der Waals surface area contributed by atoms with Gasteiger partial charge < -0.3 is 0 Å². The summed E-state index contributed by atoms with van der Waals surface area (Å²) < 4.78 is 0.961. The van der Waals surface area contributed by atoms with E-state index in [-0.39, 0.29) is 0 Å². The summed E-state index contributed by atoms with van der Waals surface area (Å²) in [4.78, 5) is 9.01. The molecule has 0 bridgehead atoms. The number of nitrogens with zero attached hydrogens (tertiary/aromatic N) is 2. The van der Waals surface area contributed by atoms with Gasteiger partial charge in [0.1, 0.15) is 11.0 Å². The van der Waals surface area contributed by atoms with Crippen LogP contribution in [0.25, 0.3) is 0 Å². The van der Waals surface area contributed by atoms with Crippen molar-refractivity contribution in [2.24, 2.45) is 0 Å². The summed E-state index contributed by atoms with van der Waals surface area (Å²) in [5, 5.41) is 2.31. The van der Waals surface area contributed by atoms with E-state index in [1.165, 1.54) is 0 Å². The van der Waals surface area contributed by atoms with Gasteiger partial charge in [-0.05, 0) is 29.5 Å². The van der Waals surface area contributed by atoms with Crippen molar-refractivity contribution in [3.05, 3.63) is 20.2 Å². The van der Waals surface area contributed by atoms with E-state index in [0.29, 0.717) is 20.9 Å². The number of halogens is 2. The molecule has 0 saturated carbocycles. The van der Waals surface area contributed by atoms with Crippen LogP contribution in [-0.2, 0) is 0 Å². The van der Waals surface area contributed by atoms with Crippen LogP contribution in [0.2, 0.25) is 5.15 Å². The first-order chi connectivity index (χ1) is 7.99. The molecule has 17 heavy (non-hydrogen) atoms. The first-order valence-electron chi connectivity index (χ1n) is 5.45. The Morgan fingerprint density at radius 3 is 2.59 bits per heavy atom. The summed E-state index contributed by atoms with van der Waals surface area (Å²) in [6.07, 6.45) is 0. The fraction of sp³-hybridized carbons (Fsp3) is 0.636. The number of aryl methyl sites for hydroxylation is 1. The SMILES string of the molecule is Cc1nc(C2CSC(C)C(C)S2)nc(Cl)c1I. The molecule has 6 heteroatoms. The Labute approximate surface area is 129 Å². The smallest absolute Gasteiger partial charge is 0.146 e. The summed E-state index contributed by atoms with van der Waals surface area (Å²) in [5.41, 5.74) is 0.984. The van der Waals surface area contributed by atoms with Crippen LogP contribution < -0.4 is 0 Å². The van der Waals surface area contributed by atoms with Crippen LogP contribution in [0.4, 0.5) is 0 Å². The quantitative estimate of drug-likeness (QED) is 0.517. The summed E-state index contributed by atoms with van der Waals surface area (Å²) >= 11 is 12.3. The molecular weight excluding hydrogens is 387 g/mol. The molecule has 0 aliphatic carbocycles. The molecule has 0 amide bonds. The Bertz CT molecular complexity index is 407. The highest BCUT2D eigenvalue weighted by Gasteiger charge is 2.29. The van der Waals surface area contributed by atoms with Gasteiger partial charge in [0.25, 0.3) is 0 Å². The minimum atomic E-state index is 0.374. The number of hydrogen-bond acceptors (Lipinski definition) is 4. The van der Waals surface area contributed by atoms with Gasteiger partial charge in [-0.2, -0.15) is 11.8 Å². The van der Waals surface area contributed by atoms with Gasteiger partial charge in [0.05, 0.1) is 14.5 Å². The maximum Gasteiger partial charge on any atom is 0.146 e. The van der Waals surface area contributed by atoms with Crippen LogP contribution in [0.1, 0.15) is 30.6 Å². The minimum absolute atomic E-state index is 0.374. The lowest BCUT2D eigenvalue weighted by atomic mass is 10.3. The molecule has 1 saturated heterocycles. The topological polar surface area (TPSA) is 25.8 Å². The van der Waals surface area contributed by atoms with Crippen LogP contribution in [-0.4, -0.2) is 26.2 Å². The monoisotopic (exact) mass is 400 g/mol. The van der Waals surface area contributed by atoms with E-state index in [2.05, 4.69) is 46.4 Å². The van der Waals surface area contributed by atoms with Gasteiger partial charge in [-0.25, -0.2) is 9.97 Å². The predicted molar refractivity (Wildman–Crippen MR) is 86.2 cm³/mol. The lowest BCUT2D eigenvalue weighted by Gasteiger charge is -2.30. The fourth-order valence-electron chi connectivity index (χ4n) is 1.61. The van der Waals surface area contributed by atoms with Gasteiger partial charge >= 0.3 is 0 Å². The molecule has 1 aliphatic rings. The molecular formula is C11H14ClIN2S2. The molecule has 0 N–H and O–H groups in total. The van der Waals surface area contributed by atoms with E-state index in [1.807, 2.05) is 30.4 Å². The highest BCUT2D eigenvalue weighted by Crippen LogP contribution is 2.43. The third-order valence-corrected chi connectivity index (χ3v) is 8.10. The lowest BCUT2D eigenvalue weighted by molar-refractivity contribution is 0.849. The third kappa shape index (κ3) is 3.22. The number of aromatic nitrogens is 2. The van der Waals surface area contributed by atoms with Gasteiger partial charge in [-0.1, -0.05) is 25.4 Å². The highest BCUT2D eigenvalue weighted by molar-refractivity contribution is 14.1. The lowest BCUT2D eigenvalue weighted by Crippen LogP contribution is -2.23. The Balaban J connectivity index is 2.23. The van der Waals surface area contributed by atoms with Crippen molar-refractivity contribution < 1.29 is 0 Å². The molecule has 94 valence electrons. The molecule has 0 aromatic carbocycles. The maximum absolute atomic E-state index is 6.13. The number of thioether (sulfide) groups is 2. The molecule has 0 radical (unpaired) electrons. The van der Waals surface area contributed by atoms with Gasteiger partial charge in [0.2, 0.25) is 0 Å². The molecule has 1 fully saturated rings. The van der Waals surface area contributed by atoms with Crippen molar-refractivity contribution in [1.82, 2.24) is 9.97 Å². The Kier molecular flexibility index (Phi) is 4.88. The molecule has 2 rings (SSSR count). The zero-order valence-corrected chi connectivity index (χ0v) is 14.5. The first kappa shape index (κ1) is 14.2. The molecule has 1 aromatic heterocycles.